The van der Waals surface area contributed by atoms with Gasteiger partial charge in [0.2, 0.25) is 0 Å². The fourth-order valence-corrected chi connectivity index (χ4v) is 11.5. The first-order valence-electron chi connectivity index (χ1n) is 23.8. The summed E-state index contributed by atoms with van der Waals surface area (Å²) in [5.41, 5.74) is -1.14. The van der Waals surface area contributed by atoms with E-state index in [0.29, 0.717) is 97.9 Å². The molecule has 4 amide bonds. The molecule has 76 heavy (non-hydrogen) atoms. The molecule has 0 spiro atoms. The van der Waals surface area contributed by atoms with Gasteiger partial charge in [0.1, 0.15) is 22.3 Å². The standard InChI is InChI=1S/C24H28N6O6S2.C24H32N6O6S2/c1-25-7-11-27(12-8-25)23(31)19-15-17(3-5-21(19)29(33)34)37-38-18-4-6-22(30(35)36)20(16-18)24(32)28-13-9-26(2)10-14-28;1-27(2)13-5-11-25-23(31)19-15-17(7-9-21(19)29(33)34)37-38-18-8-10-22(30(35)36)20(16-18)24(32)26-12-6-14-28(3)4/h3-6,15-16H,7-14H2,1-2H3;7-10,15-16H,5-6,11-14H2,1-4H3,(H,25,31)(H,26,32). The Balaban J connectivity index is 0.000000281. The van der Waals surface area contributed by atoms with E-state index in [1.807, 2.05) is 52.1 Å². The zero-order valence-electron chi connectivity index (χ0n) is 42.8. The summed E-state index contributed by atoms with van der Waals surface area (Å²) in [7, 11) is 16.5. The van der Waals surface area contributed by atoms with E-state index in [4.69, 9.17) is 0 Å². The zero-order valence-corrected chi connectivity index (χ0v) is 46.1. The first kappa shape index (κ1) is 60.5. The predicted molar refractivity (Wildman–Crippen MR) is 294 cm³/mol. The van der Waals surface area contributed by atoms with Gasteiger partial charge in [0.05, 0.1) is 19.7 Å². The topological polar surface area (TPSA) is 284 Å². The van der Waals surface area contributed by atoms with E-state index in [1.165, 1.54) is 104 Å². The van der Waals surface area contributed by atoms with Gasteiger partial charge in [0, 0.05) is 109 Å². The van der Waals surface area contributed by atoms with E-state index in [1.54, 1.807) is 21.9 Å². The summed E-state index contributed by atoms with van der Waals surface area (Å²) in [6.07, 6.45) is 1.39. The van der Waals surface area contributed by atoms with Crippen LogP contribution in [-0.2, 0) is 0 Å². The Kier molecular flexibility index (Phi) is 23.2. The largest absolute Gasteiger partial charge is 0.352 e. The molecule has 6 rings (SSSR count). The summed E-state index contributed by atoms with van der Waals surface area (Å²) in [6.45, 7) is 7.03. The van der Waals surface area contributed by atoms with Crippen molar-refractivity contribution in [1.82, 2.24) is 40.0 Å². The number of rotatable bonds is 22. The lowest BCUT2D eigenvalue weighted by atomic mass is 10.1. The van der Waals surface area contributed by atoms with Gasteiger partial charge < -0.3 is 40.0 Å². The lowest BCUT2D eigenvalue weighted by Crippen LogP contribution is -2.47. The number of nitro benzene ring substituents is 4. The molecule has 4 aromatic carbocycles. The van der Waals surface area contributed by atoms with Crippen LogP contribution >= 0.6 is 43.2 Å². The van der Waals surface area contributed by atoms with Crippen LogP contribution in [0.15, 0.2) is 92.4 Å². The minimum atomic E-state index is -0.601. The molecule has 0 radical (unpaired) electrons. The zero-order chi connectivity index (χ0) is 55.6. The minimum absolute atomic E-state index is 0.0276. The number of nitrogens with one attached hydrogen (secondary N) is 2. The maximum Gasteiger partial charge on any atom is 0.282 e. The van der Waals surface area contributed by atoms with E-state index in [-0.39, 0.29) is 56.8 Å². The Hall–Kier alpha value is -6.40. The van der Waals surface area contributed by atoms with Crippen LogP contribution in [0.25, 0.3) is 0 Å². The van der Waals surface area contributed by atoms with Crippen LogP contribution in [0.5, 0.6) is 0 Å². The van der Waals surface area contributed by atoms with E-state index in [9.17, 15) is 59.6 Å². The van der Waals surface area contributed by atoms with Crippen LogP contribution in [0.2, 0.25) is 0 Å². The number of nitrogens with zero attached hydrogens (tertiary/aromatic N) is 10. The van der Waals surface area contributed by atoms with Crippen LogP contribution < -0.4 is 10.6 Å². The maximum atomic E-state index is 13.1. The van der Waals surface area contributed by atoms with Crippen LogP contribution in [-0.4, -0.2) is 194 Å². The molecular weight excluding hydrogens is 1060 g/mol. The summed E-state index contributed by atoms with van der Waals surface area (Å²) in [5.74, 6) is -1.83. The molecule has 2 heterocycles. The Morgan fingerprint density at radius 3 is 0.987 bits per heavy atom. The summed E-state index contributed by atoms with van der Waals surface area (Å²) in [5, 5.41) is 51.6. The quantitative estimate of drug-likeness (QED) is 0.0356. The SMILES string of the molecule is CN(C)CCCNC(=O)c1cc(SSc2ccc([N+](=O)[O-])c(C(=O)NCCCN(C)C)c2)ccc1[N+](=O)[O-].CN1CCN(C(=O)c2cc(SSc3ccc([N+](=O)[O-])c(C(=O)N4CCN(C)CC4)c3)ccc2[N+](=O)[O-])CC1. The highest BCUT2D eigenvalue weighted by molar-refractivity contribution is 8.77. The predicted octanol–water partition coefficient (Wildman–Crippen LogP) is 6.74. The molecule has 0 saturated carbocycles. The maximum absolute atomic E-state index is 13.1. The average molecular weight is 1130 g/mol. The van der Waals surface area contributed by atoms with Gasteiger partial charge in [-0.05, 0) is 117 Å². The Morgan fingerprint density at radius 2 is 0.724 bits per heavy atom. The van der Waals surface area contributed by atoms with Crippen molar-refractivity contribution in [2.24, 2.45) is 0 Å². The van der Waals surface area contributed by atoms with Crippen molar-refractivity contribution in [3.8, 4) is 0 Å². The second-order valence-corrected chi connectivity index (χ2v) is 22.6. The molecule has 2 N–H and O–H groups in total. The summed E-state index contributed by atoms with van der Waals surface area (Å²) in [6, 6.07) is 17.3. The lowest BCUT2D eigenvalue weighted by molar-refractivity contribution is -0.385. The average Bonchev–Trinajstić information content (AvgIpc) is 3.39. The third kappa shape index (κ3) is 17.9. The molecule has 24 nitrogen and oxygen atoms in total. The number of carbonyl (C=O) groups is 4. The van der Waals surface area contributed by atoms with Crippen LogP contribution in [0, 0.1) is 40.5 Å². The van der Waals surface area contributed by atoms with Crippen LogP contribution in [0.3, 0.4) is 0 Å². The number of hydrogen-bond donors (Lipinski definition) is 2. The summed E-state index contributed by atoms with van der Waals surface area (Å²) >= 11 is 0. The molecule has 2 aliphatic heterocycles. The Morgan fingerprint density at radius 1 is 0.461 bits per heavy atom. The van der Waals surface area contributed by atoms with Crippen molar-refractivity contribution in [2.75, 3.05) is 121 Å². The molecule has 2 saturated heterocycles. The smallest absolute Gasteiger partial charge is 0.282 e. The monoisotopic (exact) mass is 1120 g/mol. The Bertz CT molecular complexity index is 2590. The Labute approximate surface area is 455 Å². The number of nitro groups is 4. The van der Waals surface area contributed by atoms with Crippen LogP contribution in [0.1, 0.15) is 54.3 Å². The first-order chi connectivity index (χ1) is 36.1. The highest BCUT2D eigenvalue weighted by Gasteiger charge is 2.30. The highest BCUT2D eigenvalue weighted by atomic mass is 33.1. The molecule has 0 unspecified atom stereocenters. The summed E-state index contributed by atoms with van der Waals surface area (Å²) < 4.78 is 0. The first-order valence-corrected chi connectivity index (χ1v) is 28.1. The highest BCUT2D eigenvalue weighted by Crippen LogP contribution is 2.42. The van der Waals surface area contributed by atoms with E-state index >= 15 is 0 Å². The van der Waals surface area contributed by atoms with Gasteiger partial charge >= 0.3 is 0 Å². The fraction of sp³-hybridized carbons (Fsp3) is 0.417. The van der Waals surface area contributed by atoms with Gasteiger partial charge in [-0.25, -0.2) is 0 Å². The van der Waals surface area contributed by atoms with Crippen molar-refractivity contribution < 1.29 is 38.9 Å². The molecule has 0 aliphatic carbocycles. The molecule has 0 atom stereocenters. The number of benzene rings is 4. The van der Waals surface area contributed by atoms with Gasteiger partial charge in [0.25, 0.3) is 46.4 Å². The third-order valence-electron chi connectivity index (χ3n) is 11.8. The number of likely N-dealkylation sites (N-methyl/N-ethyl adjacent to an activating group) is 2. The van der Waals surface area contributed by atoms with Gasteiger partial charge in [-0.2, -0.15) is 0 Å². The molecule has 0 bridgehead atoms. The number of piperazine rings is 2. The molecule has 2 aliphatic rings. The van der Waals surface area contributed by atoms with Crippen molar-refractivity contribution >= 4 is 89.6 Å². The second-order valence-electron chi connectivity index (χ2n) is 18.1. The normalized spacial score (nSPS) is 13.9. The molecule has 2 fully saturated rings. The number of hydrogen-bond acceptors (Lipinski definition) is 20. The third-order valence-corrected chi connectivity index (χ3v) is 16.6. The second kappa shape index (κ2) is 29.2. The van der Waals surface area contributed by atoms with Crippen molar-refractivity contribution in [1.29, 1.82) is 0 Å². The summed E-state index contributed by atoms with van der Waals surface area (Å²) in [4.78, 5) is 109. The molecule has 4 aromatic rings. The van der Waals surface area contributed by atoms with Crippen molar-refractivity contribution in [2.45, 2.75) is 32.4 Å². The lowest BCUT2D eigenvalue weighted by Gasteiger charge is -2.32. The van der Waals surface area contributed by atoms with E-state index in [2.05, 4.69) is 20.4 Å². The van der Waals surface area contributed by atoms with Gasteiger partial charge in [-0.1, -0.05) is 43.2 Å². The number of carbonyl (C=O) groups excluding carboxylic acids is 4. The molecule has 0 aromatic heterocycles. The van der Waals surface area contributed by atoms with Gasteiger partial charge in [-0.15, -0.1) is 0 Å². The fourth-order valence-electron chi connectivity index (χ4n) is 7.55. The van der Waals surface area contributed by atoms with Gasteiger partial charge in [0.15, 0.2) is 0 Å². The molecular formula is C48H60N12O12S4. The van der Waals surface area contributed by atoms with E-state index in [0.717, 1.165) is 13.1 Å². The van der Waals surface area contributed by atoms with Crippen LogP contribution in [0.4, 0.5) is 22.7 Å². The van der Waals surface area contributed by atoms with Crippen molar-refractivity contribution in [3.05, 3.63) is 136 Å². The van der Waals surface area contributed by atoms with E-state index < -0.39 is 31.5 Å². The molecule has 28 heteroatoms. The number of amides is 4. The minimum Gasteiger partial charge on any atom is -0.352 e. The van der Waals surface area contributed by atoms with Gasteiger partial charge in [-0.3, -0.25) is 59.6 Å². The molecule has 408 valence electrons. The van der Waals surface area contributed by atoms with Crippen molar-refractivity contribution in [3.63, 3.8) is 0 Å².